The molecule has 0 aliphatic heterocycles. The van der Waals surface area contributed by atoms with Gasteiger partial charge in [0, 0.05) is 5.56 Å². The Labute approximate surface area is 97.7 Å². The van der Waals surface area contributed by atoms with E-state index in [1.807, 2.05) is 0 Å². The van der Waals surface area contributed by atoms with Crippen LogP contribution < -0.4 is 4.72 Å². The average Bonchev–Trinajstić information content (AvgIpc) is 2.64. The molecule has 0 saturated carbocycles. The summed E-state index contributed by atoms with van der Waals surface area (Å²) in [5.74, 6) is -0.184. The van der Waals surface area contributed by atoms with Crippen LogP contribution in [0.15, 0.2) is 35.4 Å². The van der Waals surface area contributed by atoms with E-state index in [4.69, 9.17) is 0 Å². The van der Waals surface area contributed by atoms with Crippen LogP contribution in [0.2, 0.25) is 0 Å². The largest absolute Gasteiger partial charge is 0.264 e. The van der Waals surface area contributed by atoms with Crippen LogP contribution in [0, 0.1) is 12.7 Å². The monoisotopic (exact) mass is 255 g/mol. The van der Waals surface area contributed by atoms with E-state index in [1.54, 1.807) is 6.92 Å². The quantitative estimate of drug-likeness (QED) is 0.875. The SMILES string of the molecule is Cc1cn[nH]c1NS(=O)(=O)c1ccc(F)cc1. The number of rotatable bonds is 3. The summed E-state index contributed by atoms with van der Waals surface area (Å²) in [6.07, 6.45) is 1.50. The Morgan fingerprint density at radius 1 is 1.29 bits per heavy atom. The maximum Gasteiger partial charge on any atom is 0.263 e. The first-order valence-corrected chi connectivity index (χ1v) is 6.26. The first-order valence-electron chi connectivity index (χ1n) is 4.77. The van der Waals surface area contributed by atoms with E-state index in [0.717, 1.165) is 12.1 Å². The molecule has 1 aromatic heterocycles. The second kappa shape index (κ2) is 4.17. The molecule has 0 atom stereocenters. The molecule has 0 bridgehead atoms. The minimum atomic E-state index is -3.71. The fraction of sp³-hybridized carbons (Fsp3) is 0.100. The molecule has 0 amide bonds. The van der Waals surface area contributed by atoms with Crippen molar-refractivity contribution in [2.75, 3.05) is 4.72 Å². The highest BCUT2D eigenvalue weighted by Crippen LogP contribution is 2.16. The maximum atomic E-state index is 12.7. The molecule has 1 heterocycles. The van der Waals surface area contributed by atoms with Gasteiger partial charge in [0.25, 0.3) is 10.0 Å². The summed E-state index contributed by atoms with van der Waals surface area (Å²) in [5.41, 5.74) is 0.677. The number of nitrogens with one attached hydrogen (secondary N) is 2. The van der Waals surface area contributed by atoms with Crippen molar-refractivity contribution in [2.24, 2.45) is 0 Å². The molecule has 2 rings (SSSR count). The Morgan fingerprint density at radius 2 is 1.94 bits per heavy atom. The summed E-state index contributed by atoms with van der Waals surface area (Å²) in [6.45, 7) is 1.71. The predicted molar refractivity (Wildman–Crippen MR) is 60.5 cm³/mol. The maximum absolute atomic E-state index is 12.7. The zero-order valence-electron chi connectivity index (χ0n) is 8.94. The molecule has 0 radical (unpaired) electrons. The third-order valence-corrected chi connectivity index (χ3v) is 3.55. The highest BCUT2D eigenvalue weighted by atomic mass is 32.2. The van der Waals surface area contributed by atoms with Gasteiger partial charge >= 0.3 is 0 Å². The van der Waals surface area contributed by atoms with Crippen molar-refractivity contribution >= 4 is 15.8 Å². The summed E-state index contributed by atoms with van der Waals surface area (Å²) in [6, 6.07) is 4.58. The molecular formula is C10H10FN3O2S. The van der Waals surface area contributed by atoms with E-state index in [-0.39, 0.29) is 4.90 Å². The second-order valence-corrected chi connectivity index (χ2v) is 5.17. The standard InChI is InChI=1S/C10H10FN3O2S/c1-7-6-12-13-10(7)14-17(15,16)9-4-2-8(11)3-5-9/h2-6H,1H3,(H2,12,13,14). The lowest BCUT2D eigenvalue weighted by Crippen LogP contribution is -2.13. The fourth-order valence-corrected chi connectivity index (χ4v) is 2.34. The number of benzene rings is 1. The highest BCUT2D eigenvalue weighted by molar-refractivity contribution is 7.92. The van der Waals surface area contributed by atoms with E-state index in [2.05, 4.69) is 14.9 Å². The third-order valence-electron chi connectivity index (χ3n) is 2.19. The number of sulfonamides is 1. The molecule has 0 unspecified atom stereocenters. The van der Waals surface area contributed by atoms with Crippen molar-refractivity contribution < 1.29 is 12.8 Å². The molecule has 5 nitrogen and oxygen atoms in total. The zero-order valence-corrected chi connectivity index (χ0v) is 9.75. The van der Waals surface area contributed by atoms with Gasteiger partial charge in [-0.15, -0.1) is 0 Å². The number of aromatic amines is 1. The van der Waals surface area contributed by atoms with Gasteiger partial charge in [-0.1, -0.05) is 0 Å². The van der Waals surface area contributed by atoms with E-state index >= 15 is 0 Å². The van der Waals surface area contributed by atoms with Gasteiger partial charge in [-0.25, -0.2) is 12.8 Å². The number of anilines is 1. The lowest BCUT2D eigenvalue weighted by Gasteiger charge is -2.06. The van der Waals surface area contributed by atoms with Gasteiger partial charge in [-0.3, -0.25) is 9.82 Å². The number of halogens is 1. The topological polar surface area (TPSA) is 74.8 Å². The minimum absolute atomic E-state index is 0.00657. The molecule has 0 aliphatic rings. The molecule has 17 heavy (non-hydrogen) atoms. The van der Waals surface area contributed by atoms with Crippen LogP contribution in [0.4, 0.5) is 10.2 Å². The van der Waals surface area contributed by atoms with Crippen molar-refractivity contribution in [3.8, 4) is 0 Å². The summed E-state index contributed by atoms with van der Waals surface area (Å²) in [4.78, 5) is -0.00657. The molecule has 0 fully saturated rings. The van der Waals surface area contributed by atoms with Gasteiger partial charge in [0.05, 0.1) is 11.1 Å². The number of aromatic nitrogens is 2. The molecule has 2 N–H and O–H groups in total. The van der Waals surface area contributed by atoms with Crippen molar-refractivity contribution in [3.05, 3.63) is 41.8 Å². The average molecular weight is 255 g/mol. The molecule has 2 aromatic rings. The lowest BCUT2D eigenvalue weighted by molar-refractivity contribution is 0.599. The summed E-state index contributed by atoms with van der Waals surface area (Å²) >= 11 is 0. The Balaban J connectivity index is 2.31. The summed E-state index contributed by atoms with van der Waals surface area (Å²) < 4.78 is 38.8. The fourth-order valence-electron chi connectivity index (χ4n) is 1.26. The predicted octanol–water partition coefficient (Wildman–Crippen LogP) is 1.66. The highest BCUT2D eigenvalue weighted by Gasteiger charge is 2.15. The van der Waals surface area contributed by atoms with E-state index in [0.29, 0.717) is 11.4 Å². The van der Waals surface area contributed by atoms with Gasteiger partial charge in [0.2, 0.25) is 0 Å². The van der Waals surface area contributed by atoms with Crippen LogP contribution in [0.25, 0.3) is 0 Å². The van der Waals surface area contributed by atoms with Crippen LogP contribution in [-0.4, -0.2) is 18.6 Å². The number of H-pyrrole nitrogens is 1. The van der Waals surface area contributed by atoms with Crippen LogP contribution in [0.5, 0.6) is 0 Å². The van der Waals surface area contributed by atoms with Gasteiger partial charge in [-0.05, 0) is 31.2 Å². The van der Waals surface area contributed by atoms with E-state index < -0.39 is 15.8 Å². The van der Waals surface area contributed by atoms with Crippen LogP contribution in [0.3, 0.4) is 0 Å². The van der Waals surface area contributed by atoms with E-state index in [9.17, 15) is 12.8 Å². The Kier molecular flexibility index (Phi) is 2.84. The Hall–Kier alpha value is -1.89. The van der Waals surface area contributed by atoms with Gasteiger partial charge in [0.1, 0.15) is 11.6 Å². The summed E-state index contributed by atoms with van der Waals surface area (Å²) in [5, 5.41) is 6.23. The molecule has 90 valence electrons. The first kappa shape index (κ1) is 11.6. The molecule has 0 aliphatic carbocycles. The minimum Gasteiger partial charge on any atom is -0.264 e. The first-order chi connectivity index (χ1) is 7.99. The smallest absolute Gasteiger partial charge is 0.263 e. The van der Waals surface area contributed by atoms with Gasteiger partial charge in [0.15, 0.2) is 0 Å². The zero-order chi connectivity index (χ0) is 12.5. The lowest BCUT2D eigenvalue weighted by atomic mass is 10.4. The molecular weight excluding hydrogens is 245 g/mol. The van der Waals surface area contributed by atoms with Crippen molar-refractivity contribution in [1.82, 2.24) is 10.2 Å². The van der Waals surface area contributed by atoms with E-state index in [1.165, 1.54) is 18.3 Å². The van der Waals surface area contributed by atoms with Crippen LogP contribution in [0.1, 0.15) is 5.56 Å². The van der Waals surface area contributed by atoms with Crippen molar-refractivity contribution in [3.63, 3.8) is 0 Å². The van der Waals surface area contributed by atoms with Crippen molar-refractivity contribution in [1.29, 1.82) is 0 Å². The van der Waals surface area contributed by atoms with Gasteiger partial charge < -0.3 is 0 Å². The number of aryl methyl sites for hydroxylation is 1. The van der Waals surface area contributed by atoms with Crippen LogP contribution in [-0.2, 0) is 10.0 Å². The van der Waals surface area contributed by atoms with Gasteiger partial charge in [-0.2, -0.15) is 5.10 Å². The summed E-state index contributed by atoms with van der Waals surface area (Å²) in [7, 11) is -3.71. The van der Waals surface area contributed by atoms with Crippen LogP contribution >= 0.6 is 0 Å². The number of hydrogen-bond acceptors (Lipinski definition) is 3. The molecule has 0 spiro atoms. The third kappa shape index (κ3) is 2.44. The normalized spacial score (nSPS) is 11.4. The molecule has 7 heteroatoms. The Bertz CT molecular complexity index is 619. The molecule has 1 aromatic carbocycles. The second-order valence-electron chi connectivity index (χ2n) is 3.49. The number of hydrogen-bond donors (Lipinski definition) is 2. The Morgan fingerprint density at radius 3 is 2.47 bits per heavy atom. The number of nitrogens with zero attached hydrogens (tertiary/aromatic N) is 1. The molecule has 0 saturated heterocycles. The van der Waals surface area contributed by atoms with Crippen molar-refractivity contribution in [2.45, 2.75) is 11.8 Å².